The SMILES string of the molecule is CC(C)CC(CC(C)C)Nc1cc(F)c(F)cc1F. The lowest BCUT2D eigenvalue weighted by atomic mass is 9.95. The molecule has 0 amide bonds. The van der Waals surface area contributed by atoms with Crippen molar-refractivity contribution in [2.75, 3.05) is 5.32 Å². The third kappa shape index (κ3) is 5.13. The van der Waals surface area contributed by atoms with E-state index in [9.17, 15) is 13.2 Å². The fourth-order valence-corrected chi connectivity index (χ4v) is 2.21. The first-order valence-corrected chi connectivity index (χ1v) is 6.70. The van der Waals surface area contributed by atoms with E-state index in [0.717, 1.165) is 18.9 Å². The third-order valence-corrected chi connectivity index (χ3v) is 2.88. The summed E-state index contributed by atoms with van der Waals surface area (Å²) in [6.07, 6.45) is 1.72. The van der Waals surface area contributed by atoms with Crippen molar-refractivity contribution in [3.63, 3.8) is 0 Å². The van der Waals surface area contributed by atoms with Gasteiger partial charge in [-0.2, -0.15) is 0 Å². The molecule has 1 rings (SSSR count). The van der Waals surface area contributed by atoms with Gasteiger partial charge in [0.2, 0.25) is 0 Å². The van der Waals surface area contributed by atoms with Crippen LogP contribution in [0.4, 0.5) is 18.9 Å². The van der Waals surface area contributed by atoms with E-state index in [1.165, 1.54) is 0 Å². The Bertz CT molecular complexity index is 406. The van der Waals surface area contributed by atoms with Crippen molar-refractivity contribution in [2.24, 2.45) is 11.8 Å². The lowest BCUT2D eigenvalue weighted by molar-refractivity contribution is 0.439. The number of hydrogen-bond donors (Lipinski definition) is 1. The summed E-state index contributed by atoms with van der Waals surface area (Å²) in [4.78, 5) is 0. The minimum Gasteiger partial charge on any atom is -0.380 e. The number of nitrogens with one attached hydrogen (secondary N) is 1. The number of halogens is 3. The normalized spacial score (nSPS) is 11.7. The molecule has 0 aliphatic heterocycles. The average Bonchev–Trinajstić information content (AvgIpc) is 2.23. The van der Waals surface area contributed by atoms with Crippen LogP contribution < -0.4 is 5.32 Å². The van der Waals surface area contributed by atoms with Crippen LogP contribution in [0.2, 0.25) is 0 Å². The van der Waals surface area contributed by atoms with E-state index in [4.69, 9.17) is 0 Å². The molecule has 19 heavy (non-hydrogen) atoms. The quantitative estimate of drug-likeness (QED) is 0.721. The van der Waals surface area contributed by atoms with Crippen molar-refractivity contribution in [1.29, 1.82) is 0 Å². The maximum Gasteiger partial charge on any atom is 0.161 e. The predicted octanol–water partition coefficient (Wildman–Crippen LogP) is 4.98. The highest BCUT2D eigenvalue weighted by atomic mass is 19.2. The van der Waals surface area contributed by atoms with E-state index < -0.39 is 17.5 Å². The van der Waals surface area contributed by atoms with E-state index in [1.54, 1.807) is 0 Å². The topological polar surface area (TPSA) is 12.0 Å². The van der Waals surface area contributed by atoms with Crippen LogP contribution in [0, 0.1) is 29.3 Å². The molecule has 0 fully saturated rings. The fraction of sp³-hybridized carbons (Fsp3) is 0.600. The molecule has 0 aliphatic rings. The van der Waals surface area contributed by atoms with Gasteiger partial charge >= 0.3 is 0 Å². The zero-order valence-electron chi connectivity index (χ0n) is 11.9. The van der Waals surface area contributed by atoms with Gasteiger partial charge in [0.1, 0.15) is 5.82 Å². The summed E-state index contributed by atoms with van der Waals surface area (Å²) < 4.78 is 39.6. The highest BCUT2D eigenvalue weighted by Gasteiger charge is 2.16. The highest BCUT2D eigenvalue weighted by molar-refractivity contribution is 5.46. The molecule has 0 saturated carbocycles. The van der Waals surface area contributed by atoms with Gasteiger partial charge in [-0.1, -0.05) is 27.7 Å². The molecular formula is C15H22F3N. The van der Waals surface area contributed by atoms with Crippen molar-refractivity contribution < 1.29 is 13.2 Å². The maximum atomic E-state index is 13.6. The van der Waals surface area contributed by atoms with Gasteiger partial charge in [-0.25, -0.2) is 13.2 Å². The van der Waals surface area contributed by atoms with Gasteiger partial charge in [0, 0.05) is 18.2 Å². The minimum atomic E-state index is -1.16. The summed E-state index contributed by atoms with van der Waals surface area (Å²) in [7, 11) is 0. The first-order chi connectivity index (χ1) is 8.79. The molecule has 0 bridgehead atoms. The highest BCUT2D eigenvalue weighted by Crippen LogP contribution is 2.23. The second kappa shape index (κ2) is 6.83. The molecule has 1 nitrogen and oxygen atoms in total. The summed E-state index contributed by atoms with van der Waals surface area (Å²) >= 11 is 0. The van der Waals surface area contributed by atoms with Crippen LogP contribution in [0.1, 0.15) is 40.5 Å². The maximum absolute atomic E-state index is 13.6. The molecule has 108 valence electrons. The van der Waals surface area contributed by atoms with Crippen molar-refractivity contribution in [3.8, 4) is 0 Å². The van der Waals surface area contributed by atoms with Gasteiger partial charge in [0.05, 0.1) is 5.69 Å². The Kier molecular flexibility index (Phi) is 5.70. The van der Waals surface area contributed by atoms with Gasteiger partial charge in [-0.15, -0.1) is 0 Å². The summed E-state index contributed by atoms with van der Waals surface area (Å²) in [5, 5.41) is 3.00. The lowest BCUT2D eigenvalue weighted by Crippen LogP contribution is -2.24. The van der Waals surface area contributed by atoms with Crippen LogP contribution in [0.3, 0.4) is 0 Å². The number of hydrogen-bond acceptors (Lipinski definition) is 1. The summed E-state index contributed by atoms with van der Waals surface area (Å²) in [5.41, 5.74) is 0.0326. The van der Waals surface area contributed by atoms with E-state index >= 15 is 0 Å². The Labute approximate surface area is 113 Å². The molecule has 0 unspecified atom stereocenters. The molecule has 0 saturated heterocycles. The molecular weight excluding hydrogens is 251 g/mol. The third-order valence-electron chi connectivity index (χ3n) is 2.88. The fourth-order valence-electron chi connectivity index (χ4n) is 2.21. The van der Waals surface area contributed by atoms with Gasteiger partial charge in [-0.05, 0) is 24.7 Å². The lowest BCUT2D eigenvalue weighted by Gasteiger charge is -2.24. The predicted molar refractivity (Wildman–Crippen MR) is 72.6 cm³/mol. The first-order valence-electron chi connectivity index (χ1n) is 6.70. The van der Waals surface area contributed by atoms with Gasteiger partial charge < -0.3 is 5.32 Å². The smallest absolute Gasteiger partial charge is 0.161 e. The molecule has 0 radical (unpaired) electrons. The largest absolute Gasteiger partial charge is 0.380 e. The van der Waals surface area contributed by atoms with Gasteiger partial charge in [-0.3, -0.25) is 0 Å². The zero-order valence-corrected chi connectivity index (χ0v) is 11.9. The van der Waals surface area contributed by atoms with Crippen LogP contribution >= 0.6 is 0 Å². The number of rotatable bonds is 6. The Morgan fingerprint density at radius 1 is 0.842 bits per heavy atom. The Morgan fingerprint density at radius 3 is 1.79 bits per heavy atom. The number of anilines is 1. The monoisotopic (exact) mass is 273 g/mol. The molecule has 0 heterocycles. The first kappa shape index (κ1) is 15.9. The van der Waals surface area contributed by atoms with Crippen molar-refractivity contribution in [2.45, 2.75) is 46.6 Å². The number of benzene rings is 1. The molecule has 1 aromatic carbocycles. The van der Waals surface area contributed by atoms with Crippen molar-refractivity contribution in [1.82, 2.24) is 0 Å². The minimum absolute atomic E-state index is 0.0326. The summed E-state index contributed by atoms with van der Waals surface area (Å²) in [6.45, 7) is 8.32. The van der Waals surface area contributed by atoms with E-state index in [2.05, 4.69) is 33.0 Å². The van der Waals surface area contributed by atoms with Crippen LogP contribution in [-0.2, 0) is 0 Å². The van der Waals surface area contributed by atoms with E-state index in [-0.39, 0.29) is 11.7 Å². The average molecular weight is 273 g/mol. The molecule has 0 aromatic heterocycles. The Hall–Kier alpha value is -1.19. The summed E-state index contributed by atoms with van der Waals surface area (Å²) in [6, 6.07) is 1.52. The van der Waals surface area contributed by atoms with Crippen LogP contribution in [0.5, 0.6) is 0 Å². The molecule has 0 atom stereocenters. The van der Waals surface area contributed by atoms with E-state index in [1.807, 2.05) is 0 Å². The Morgan fingerprint density at radius 2 is 1.32 bits per heavy atom. The Balaban J connectivity index is 2.86. The molecule has 0 spiro atoms. The van der Waals surface area contributed by atoms with Gasteiger partial charge in [0.25, 0.3) is 0 Å². The summed E-state index contributed by atoms with van der Waals surface area (Å²) in [5.74, 6) is -2.05. The van der Waals surface area contributed by atoms with Crippen LogP contribution in [-0.4, -0.2) is 6.04 Å². The van der Waals surface area contributed by atoms with Crippen molar-refractivity contribution >= 4 is 5.69 Å². The van der Waals surface area contributed by atoms with Gasteiger partial charge in [0.15, 0.2) is 11.6 Å². The van der Waals surface area contributed by atoms with Crippen molar-refractivity contribution in [3.05, 3.63) is 29.6 Å². The standard InChI is InChI=1S/C15H22F3N/c1-9(2)5-11(6-10(3)4)19-15-8-13(17)12(16)7-14(15)18/h7-11,19H,5-6H2,1-4H3. The molecule has 1 N–H and O–H groups in total. The van der Waals surface area contributed by atoms with E-state index in [0.29, 0.717) is 17.9 Å². The molecule has 4 heteroatoms. The molecule has 0 aliphatic carbocycles. The molecule has 1 aromatic rings. The van der Waals surface area contributed by atoms with Crippen LogP contribution in [0.15, 0.2) is 12.1 Å². The second-order valence-electron chi connectivity index (χ2n) is 5.85. The second-order valence-corrected chi connectivity index (χ2v) is 5.85. The zero-order chi connectivity index (χ0) is 14.6. The van der Waals surface area contributed by atoms with Crippen LogP contribution in [0.25, 0.3) is 0 Å².